The van der Waals surface area contributed by atoms with Crippen molar-refractivity contribution in [1.29, 1.82) is 0 Å². The minimum absolute atomic E-state index is 1.03. The molecule has 0 aliphatic heterocycles. The van der Waals surface area contributed by atoms with Gasteiger partial charge in [0.1, 0.15) is 23.2 Å². The van der Waals surface area contributed by atoms with Crippen molar-refractivity contribution < 1.29 is 25.2 Å². The van der Waals surface area contributed by atoms with Crippen molar-refractivity contribution in [3.63, 3.8) is 0 Å². The molecule has 0 unspecified atom stereocenters. The molecule has 0 saturated carbocycles. The molecule has 0 saturated heterocycles. The van der Waals surface area contributed by atoms with E-state index in [9.17, 15) is 25.2 Å². The zero-order chi connectivity index (χ0) is 24.1. The minimum Gasteiger partial charge on any atom is -0.0622 e. The Hall–Kier alpha value is -2.68. The predicted octanol–water partition coefficient (Wildman–Crippen LogP) is 8.56. The summed E-state index contributed by atoms with van der Waals surface area (Å²) in [6, 6.07) is 44.0. The number of halogens is 6. The van der Waals surface area contributed by atoms with Gasteiger partial charge in [0.05, 0.1) is 6.16 Å². The third kappa shape index (κ3) is 7.99. The van der Waals surface area contributed by atoms with Crippen molar-refractivity contribution in [2.24, 2.45) is 0 Å². The van der Waals surface area contributed by atoms with Gasteiger partial charge in [-0.25, -0.2) is 0 Å². The minimum atomic E-state index is -10.7. The Morgan fingerprint density at radius 2 is 0.667 bits per heavy atom. The molecule has 0 aliphatic carbocycles. The van der Waals surface area contributed by atoms with Crippen LogP contribution in [0.1, 0.15) is 5.56 Å². The second kappa shape index (κ2) is 8.93. The Kier molecular flexibility index (Phi) is 6.75. The molecular weight excluding hydrogens is 476 g/mol. The number of benzene rings is 4. The van der Waals surface area contributed by atoms with Gasteiger partial charge in [0.25, 0.3) is 0 Å². The Morgan fingerprint density at radius 3 is 0.939 bits per heavy atom. The molecule has 174 valence electrons. The van der Waals surface area contributed by atoms with Gasteiger partial charge >= 0.3 is 33.0 Å². The van der Waals surface area contributed by atoms with Crippen LogP contribution >= 0.6 is 15.1 Å². The normalized spacial score (nSPS) is 13.8. The van der Waals surface area contributed by atoms with E-state index in [0.29, 0.717) is 0 Å². The van der Waals surface area contributed by atoms with Crippen LogP contribution in [0.3, 0.4) is 0 Å². The van der Waals surface area contributed by atoms with Gasteiger partial charge in [0.15, 0.2) is 0 Å². The molecule has 0 radical (unpaired) electrons. The maximum Gasteiger partial charge on any atom is 0.116 e. The van der Waals surface area contributed by atoms with Gasteiger partial charge in [-0.2, -0.15) is 0 Å². The molecule has 0 nitrogen and oxygen atoms in total. The van der Waals surface area contributed by atoms with E-state index in [1.54, 1.807) is 0 Å². The van der Waals surface area contributed by atoms with Crippen molar-refractivity contribution in [2.45, 2.75) is 6.16 Å². The molecule has 0 spiro atoms. The second-order valence-electron chi connectivity index (χ2n) is 7.42. The van der Waals surface area contributed by atoms with Gasteiger partial charge in [0.2, 0.25) is 0 Å². The van der Waals surface area contributed by atoms with Crippen LogP contribution in [0.25, 0.3) is 0 Å². The van der Waals surface area contributed by atoms with Crippen LogP contribution in [0, 0.1) is 0 Å². The fourth-order valence-electron chi connectivity index (χ4n) is 3.63. The van der Waals surface area contributed by atoms with Gasteiger partial charge in [-0.1, -0.05) is 84.9 Å². The average molecular weight is 498 g/mol. The number of rotatable bonds is 5. The first-order valence-corrected chi connectivity index (χ1v) is 14.0. The Bertz CT molecular complexity index is 1040. The largest absolute Gasteiger partial charge is 0.116 e. The van der Waals surface area contributed by atoms with Crippen LogP contribution in [0.2, 0.25) is 0 Å². The molecule has 0 heterocycles. The number of hydrogen-bond donors (Lipinski definition) is 0. The summed E-state index contributed by atoms with van der Waals surface area (Å²) in [7, 11) is -12.4. The fraction of sp³-hybridized carbons (Fsp3) is 0.0400. The molecule has 0 aromatic heterocycles. The van der Waals surface area contributed by atoms with Crippen LogP contribution in [0.4, 0.5) is 25.2 Å². The molecule has 0 amide bonds. The van der Waals surface area contributed by atoms with Crippen LogP contribution in [-0.4, -0.2) is 0 Å². The third-order valence-corrected chi connectivity index (χ3v) is 9.23. The fourth-order valence-corrected chi connectivity index (χ4v) is 7.87. The van der Waals surface area contributed by atoms with Gasteiger partial charge < -0.3 is 0 Å². The maximum absolute atomic E-state index is 10.7. The molecular formula is C25H22F6P2. The Labute approximate surface area is 189 Å². The zero-order valence-corrected chi connectivity index (χ0v) is 19.2. The van der Waals surface area contributed by atoms with Crippen LogP contribution in [0.5, 0.6) is 0 Å². The van der Waals surface area contributed by atoms with Crippen molar-refractivity contribution >= 4 is 31.0 Å². The van der Waals surface area contributed by atoms with Gasteiger partial charge in [-0.05, 0) is 42.0 Å². The van der Waals surface area contributed by atoms with Crippen LogP contribution in [-0.2, 0) is 6.16 Å². The quantitative estimate of drug-likeness (QED) is 0.191. The monoisotopic (exact) mass is 498 g/mol. The molecule has 0 atom stereocenters. The van der Waals surface area contributed by atoms with E-state index in [1.807, 2.05) is 0 Å². The summed E-state index contributed by atoms with van der Waals surface area (Å²) in [5.74, 6) is 0. The smallest absolute Gasteiger partial charge is 0.0622 e. The molecule has 33 heavy (non-hydrogen) atoms. The Balaban J connectivity index is 0.000000383. The topological polar surface area (TPSA) is 0 Å². The van der Waals surface area contributed by atoms with E-state index >= 15 is 0 Å². The SMILES string of the molecule is F[P-](F)(F)(F)(F)F.c1ccc(C[P+](c2ccccc2)(c2ccccc2)c2ccccc2)cc1. The van der Waals surface area contributed by atoms with Crippen molar-refractivity contribution in [2.75, 3.05) is 0 Å². The van der Waals surface area contributed by atoms with Gasteiger partial charge in [-0.3, -0.25) is 0 Å². The summed E-state index contributed by atoms with van der Waals surface area (Å²) in [4.78, 5) is 0. The molecule has 4 rings (SSSR count). The molecule has 0 bridgehead atoms. The second-order valence-corrected chi connectivity index (χ2v) is 12.8. The molecule has 8 heteroatoms. The zero-order valence-electron chi connectivity index (χ0n) is 17.4. The van der Waals surface area contributed by atoms with Crippen LogP contribution < -0.4 is 15.9 Å². The van der Waals surface area contributed by atoms with Gasteiger partial charge in [-0.15, -0.1) is 0 Å². The van der Waals surface area contributed by atoms with E-state index in [0.717, 1.165) is 6.16 Å². The van der Waals surface area contributed by atoms with E-state index < -0.39 is 15.1 Å². The van der Waals surface area contributed by atoms with Crippen molar-refractivity contribution in [3.05, 3.63) is 127 Å². The predicted molar refractivity (Wildman–Crippen MR) is 129 cm³/mol. The summed E-state index contributed by atoms with van der Waals surface area (Å²) in [6.45, 7) is 0. The molecule has 4 aromatic carbocycles. The molecule has 0 fully saturated rings. The first kappa shape index (κ1) is 25.0. The van der Waals surface area contributed by atoms with E-state index in [4.69, 9.17) is 0 Å². The van der Waals surface area contributed by atoms with Gasteiger partial charge in [0, 0.05) is 0 Å². The van der Waals surface area contributed by atoms with Crippen molar-refractivity contribution in [1.82, 2.24) is 0 Å². The first-order chi connectivity index (χ1) is 15.3. The van der Waals surface area contributed by atoms with Crippen molar-refractivity contribution in [3.8, 4) is 0 Å². The summed E-state index contributed by atoms with van der Waals surface area (Å²) >= 11 is 0. The van der Waals surface area contributed by atoms with E-state index in [1.165, 1.54) is 21.5 Å². The Morgan fingerprint density at radius 1 is 0.424 bits per heavy atom. The van der Waals surface area contributed by atoms with E-state index in [-0.39, 0.29) is 0 Å². The molecule has 0 aliphatic rings. The molecule has 4 aromatic rings. The van der Waals surface area contributed by atoms with E-state index in [2.05, 4.69) is 121 Å². The first-order valence-electron chi connectivity index (χ1n) is 10.00. The summed E-state index contributed by atoms with van der Waals surface area (Å²) < 4.78 is 59.2. The summed E-state index contributed by atoms with van der Waals surface area (Å²) in [5.41, 5.74) is 1.39. The summed E-state index contributed by atoms with van der Waals surface area (Å²) in [5, 5.41) is 4.30. The number of hydrogen-bond acceptors (Lipinski definition) is 0. The summed E-state index contributed by atoms with van der Waals surface area (Å²) in [6.07, 6.45) is 1.03. The van der Waals surface area contributed by atoms with Crippen LogP contribution in [0.15, 0.2) is 121 Å². The maximum atomic E-state index is 9.87. The average Bonchev–Trinajstić information content (AvgIpc) is 2.78. The molecule has 0 N–H and O–H groups in total. The standard InChI is InChI=1S/C25H22P.F6P/c1-5-13-22(14-6-1)21-26(23-15-7-2-8-16-23,24-17-9-3-10-18-24)25-19-11-4-12-20-25;1-7(2,3,4,5)6/h1-20H,21H2;/q+1;-1. The third-order valence-electron chi connectivity index (χ3n) is 4.85.